The minimum absolute atomic E-state index is 0.0741. The number of hydrogen-bond donors (Lipinski definition) is 2. The Hall–Kier alpha value is -1.89. The van der Waals surface area contributed by atoms with Crippen LogP contribution in [0, 0.1) is 17.3 Å². The maximum absolute atomic E-state index is 12.9. The van der Waals surface area contributed by atoms with Crippen molar-refractivity contribution in [3.05, 3.63) is 0 Å². The van der Waals surface area contributed by atoms with Crippen LogP contribution in [0.2, 0.25) is 0 Å². The normalized spacial score (nSPS) is 31.8. The lowest BCUT2D eigenvalue weighted by Crippen LogP contribution is -2.60. The minimum atomic E-state index is -5.41. The number of alkyl halides is 3. The van der Waals surface area contributed by atoms with Crippen LogP contribution in [0.3, 0.4) is 0 Å². The average Bonchev–Trinajstić information content (AvgIpc) is 2.60. The van der Waals surface area contributed by atoms with Crippen LogP contribution in [0.15, 0.2) is 0 Å². The molecule has 33 heavy (non-hydrogen) atoms. The van der Waals surface area contributed by atoms with Gasteiger partial charge in [-0.2, -0.15) is 21.6 Å². The molecule has 4 bridgehead atoms. The molecule has 0 radical (unpaired) electrons. The molecular formula is C20H27F3O9S. The second-order valence-electron chi connectivity index (χ2n) is 9.62. The summed E-state index contributed by atoms with van der Waals surface area (Å²) in [6.07, 6.45) is -3.45. The zero-order valence-electron chi connectivity index (χ0n) is 17.8. The third kappa shape index (κ3) is 5.97. The highest BCUT2D eigenvalue weighted by atomic mass is 32.2. The van der Waals surface area contributed by atoms with Gasteiger partial charge >= 0.3 is 24.1 Å². The first kappa shape index (κ1) is 25.7. The van der Waals surface area contributed by atoms with E-state index in [1.165, 1.54) is 0 Å². The van der Waals surface area contributed by atoms with E-state index in [1.807, 2.05) is 0 Å². The highest BCUT2D eigenvalue weighted by molar-refractivity contribution is 7.86. The Bertz CT molecular complexity index is 885. The van der Waals surface area contributed by atoms with Crippen molar-refractivity contribution >= 4 is 28.0 Å². The van der Waals surface area contributed by atoms with Crippen molar-refractivity contribution in [3.63, 3.8) is 0 Å². The fourth-order valence-corrected chi connectivity index (χ4v) is 6.84. The standard InChI is InChI=1S/C20H27F3O9S/c21-20(22,23)14(33(28,29)30)4-5-31-17(27)18-7-12-6-13(8-18)10-19(9-12,11-18)32-16(26)3-1-2-15(24)25/h12-14H,1-11H2,(H,24,25)(H,28,29,30). The molecule has 0 aromatic carbocycles. The summed E-state index contributed by atoms with van der Waals surface area (Å²) in [7, 11) is -5.41. The fraction of sp³-hybridized carbons (Fsp3) is 0.850. The summed E-state index contributed by atoms with van der Waals surface area (Å²) in [6, 6.07) is 0. The molecule has 4 saturated carbocycles. The summed E-state index contributed by atoms with van der Waals surface area (Å²) in [5.41, 5.74) is -1.93. The van der Waals surface area contributed by atoms with Crippen LogP contribution in [-0.2, 0) is 34.0 Å². The zero-order chi connectivity index (χ0) is 24.7. The summed E-state index contributed by atoms with van der Waals surface area (Å²) < 4.78 is 80.4. The minimum Gasteiger partial charge on any atom is -0.481 e. The molecule has 2 N–H and O–H groups in total. The van der Waals surface area contributed by atoms with E-state index < -0.39 is 63.5 Å². The molecular weight excluding hydrogens is 473 g/mol. The molecule has 0 aliphatic heterocycles. The number of esters is 2. The van der Waals surface area contributed by atoms with Crippen LogP contribution in [-0.4, -0.2) is 59.6 Å². The van der Waals surface area contributed by atoms with Gasteiger partial charge in [-0.15, -0.1) is 0 Å². The van der Waals surface area contributed by atoms with Crippen molar-refractivity contribution in [2.75, 3.05) is 6.61 Å². The lowest BCUT2D eigenvalue weighted by atomic mass is 9.48. The summed E-state index contributed by atoms with van der Waals surface area (Å²) in [6.45, 7) is -0.831. The van der Waals surface area contributed by atoms with Crippen LogP contribution in [0.1, 0.15) is 64.2 Å². The first-order chi connectivity index (χ1) is 15.1. The maximum atomic E-state index is 12.9. The Balaban J connectivity index is 1.64. The van der Waals surface area contributed by atoms with Gasteiger partial charge in [0.1, 0.15) is 5.60 Å². The first-order valence-corrected chi connectivity index (χ1v) is 12.3. The number of carboxylic acid groups (broad SMARTS) is 1. The van der Waals surface area contributed by atoms with Crippen molar-refractivity contribution in [1.29, 1.82) is 0 Å². The van der Waals surface area contributed by atoms with Gasteiger partial charge in [0.2, 0.25) is 0 Å². The van der Waals surface area contributed by atoms with E-state index in [9.17, 15) is 36.0 Å². The van der Waals surface area contributed by atoms with Crippen molar-refractivity contribution in [2.45, 2.75) is 81.2 Å². The summed E-state index contributed by atoms with van der Waals surface area (Å²) >= 11 is 0. The number of carbonyl (C=O) groups is 3. The van der Waals surface area contributed by atoms with Crippen molar-refractivity contribution in [3.8, 4) is 0 Å². The van der Waals surface area contributed by atoms with E-state index in [0.717, 1.165) is 6.42 Å². The van der Waals surface area contributed by atoms with Crippen LogP contribution in [0.4, 0.5) is 13.2 Å². The molecule has 4 rings (SSSR count). The number of carbonyl (C=O) groups excluding carboxylic acids is 2. The number of rotatable bonds is 10. The molecule has 188 valence electrons. The van der Waals surface area contributed by atoms with Crippen molar-refractivity contribution < 1.29 is 55.1 Å². The van der Waals surface area contributed by atoms with Gasteiger partial charge in [0.25, 0.3) is 10.1 Å². The molecule has 13 heteroatoms. The Kier molecular flexibility index (Phi) is 7.05. The van der Waals surface area contributed by atoms with Gasteiger partial charge in [-0.1, -0.05) is 0 Å². The lowest BCUT2D eigenvalue weighted by molar-refractivity contribution is -0.213. The molecule has 0 aromatic heterocycles. The average molecular weight is 500 g/mol. The Labute approximate surface area is 188 Å². The predicted molar refractivity (Wildman–Crippen MR) is 104 cm³/mol. The fourth-order valence-electron chi connectivity index (χ4n) is 6.11. The second-order valence-corrected chi connectivity index (χ2v) is 11.2. The summed E-state index contributed by atoms with van der Waals surface area (Å²) in [5.74, 6) is -2.18. The van der Waals surface area contributed by atoms with Crippen molar-refractivity contribution in [2.24, 2.45) is 17.3 Å². The van der Waals surface area contributed by atoms with E-state index in [2.05, 4.69) is 0 Å². The molecule has 0 heterocycles. The Morgan fingerprint density at radius 1 is 1.06 bits per heavy atom. The predicted octanol–water partition coefficient (Wildman–Crippen LogP) is 2.88. The van der Waals surface area contributed by atoms with E-state index in [0.29, 0.717) is 25.7 Å². The number of carboxylic acids is 1. The molecule has 3 atom stereocenters. The van der Waals surface area contributed by atoms with Crippen LogP contribution < -0.4 is 0 Å². The number of aliphatic carboxylic acids is 1. The number of hydrogen-bond acceptors (Lipinski definition) is 7. The van der Waals surface area contributed by atoms with Gasteiger partial charge in [-0.3, -0.25) is 18.9 Å². The smallest absolute Gasteiger partial charge is 0.407 e. The quantitative estimate of drug-likeness (QED) is 0.342. The van der Waals surface area contributed by atoms with Crippen LogP contribution in [0.5, 0.6) is 0 Å². The van der Waals surface area contributed by atoms with Gasteiger partial charge in [0.15, 0.2) is 5.25 Å². The highest BCUT2D eigenvalue weighted by Gasteiger charge is 2.63. The topological polar surface area (TPSA) is 144 Å². The van der Waals surface area contributed by atoms with Gasteiger partial charge < -0.3 is 14.6 Å². The van der Waals surface area contributed by atoms with Gasteiger partial charge in [0.05, 0.1) is 12.0 Å². The van der Waals surface area contributed by atoms with E-state index >= 15 is 0 Å². The van der Waals surface area contributed by atoms with Gasteiger partial charge in [-0.05, 0) is 50.4 Å². The Morgan fingerprint density at radius 3 is 2.18 bits per heavy atom. The molecule has 9 nitrogen and oxygen atoms in total. The third-order valence-electron chi connectivity index (χ3n) is 6.88. The first-order valence-electron chi connectivity index (χ1n) is 10.8. The lowest BCUT2D eigenvalue weighted by Gasteiger charge is -2.59. The SMILES string of the molecule is O=C(O)CCCC(=O)OC12CC3CC(C1)CC(C(=O)OCCC(C(F)(F)F)S(=O)(=O)O)(C3)C2. The van der Waals surface area contributed by atoms with Crippen LogP contribution in [0.25, 0.3) is 0 Å². The van der Waals surface area contributed by atoms with Crippen molar-refractivity contribution in [1.82, 2.24) is 0 Å². The maximum Gasteiger partial charge on any atom is 0.407 e. The third-order valence-corrected chi connectivity index (χ3v) is 8.10. The molecule has 0 spiro atoms. The van der Waals surface area contributed by atoms with Crippen LogP contribution >= 0.6 is 0 Å². The molecule has 0 saturated heterocycles. The molecule has 0 aromatic rings. The molecule has 0 amide bonds. The highest BCUT2D eigenvalue weighted by Crippen LogP contribution is 2.63. The Morgan fingerprint density at radius 2 is 1.67 bits per heavy atom. The number of ether oxygens (including phenoxy) is 2. The van der Waals surface area contributed by atoms with Gasteiger partial charge in [-0.25, -0.2) is 0 Å². The van der Waals surface area contributed by atoms with E-state index in [-0.39, 0.29) is 37.5 Å². The second kappa shape index (κ2) is 9.05. The monoisotopic (exact) mass is 500 g/mol. The van der Waals surface area contributed by atoms with Gasteiger partial charge in [0, 0.05) is 25.7 Å². The van der Waals surface area contributed by atoms with E-state index in [1.54, 1.807) is 0 Å². The molecule has 4 fully saturated rings. The molecule has 3 unspecified atom stereocenters. The van der Waals surface area contributed by atoms with E-state index in [4.69, 9.17) is 19.1 Å². The summed E-state index contributed by atoms with van der Waals surface area (Å²) in [4.78, 5) is 35.9. The zero-order valence-corrected chi connectivity index (χ0v) is 18.6. The number of halogens is 3. The molecule has 4 aliphatic rings. The summed E-state index contributed by atoms with van der Waals surface area (Å²) in [5, 5.41) is 5.66. The largest absolute Gasteiger partial charge is 0.481 e. The molecule has 4 aliphatic carbocycles.